The highest BCUT2D eigenvalue weighted by atomic mass is 16.6. The lowest BCUT2D eigenvalue weighted by atomic mass is 10.1. The fourth-order valence-corrected chi connectivity index (χ4v) is 13.5. The average molecular weight is 1600 g/mol. The van der Waals surface area contributed by atoms with Gasteiger partial charge in [0.05, 0.1) is 50.8 Å². The summed E-state index contributed by atoms with van der Waals surface area (Å²) in [6, 6.07) is 30.5. The topological polar surface area (TPSA) is 108 Å². The molecule has 0 heterocycles. The zero-order valence-electron chi connectivity index (χ0n) is 72.2. The van der Waals surface area contributed by atoms with Crippen LogP contribution in [0.1, 0.15) is 313 Å². The third kappa shape index (κ3) is 48.2. The number of esters is 2. The smallest absolute Gasteiger partial charge is 0.343 e. The molecule has 0 unspecified atom stereocenters. The van der Waals surface area contributed by atoms with Crippen molar-refractivity contribution in [3.05, 3.63) is 279 Å². The van der Waals surface area contributed by atoms with Crippen LogP contribution < -0.4 is 37.9 Å². The summed E-state index contributed by atoms with van der Waals surface area (Å²) in [6.45, 7) is 25.7. The maximum absolute atomic E-state index is 14.2. The van der Waals surface area contributed by atoms with E-state index in [0.29, 0.717) is 96.8 Å². The Balaban J connectivity index is 1.24. The Hall–Kier alpha value is -9.80. The zero-order valence-corrected chi connectivity index (χ0v) is 72.2. The molecule has 0 bridgehead atoms. The van der Waals surface area contributed by atoms with E-state index in [9.17, 15) is 9.59 Å². The van der Waals surface area contributed by atoms with Crippen LogP contribution >= 0.6 is 0 Å². The highest BCUT2D eigenvalue weighted by Crippen LogP contribution is 2.42. The van der Waals surface area contributed by atoms with Crippen LogP contribution in [0.3, 0.4) is 0 Å². The molecule has 10 heteroatoms. The van der Waals surface area contributed by atoms with Crippen molar-refractivity contribution in [2.24, 2.45) is 0 Å². The summed E-state index contributed by atoms with van der Waals surface area (Å²) >= 11 is 0. The van der Waals surface area contributed by atoms with E-state index in [4.69, 9.17) is 37.9 Å². The predicted molar refractivity (Wildman–Crippen MR) is 503 cm³/mol. The molecule has 5 rings (SSSR count). The Morgan fingerprint density at radius 1 is 0.229 bits per heavy atom. The van der Waals surface area contributed by atoms with Crippen molar-refractivity contribution in [1.29, 1.82) is 0 Å². The first kappa shape index (κ1) is 98.8. The third-order valence-corrected chi connectivity index (χ3v) is 20.3. The second-order valence-electron chi connectivity index (χ2n) is 30.4. The van der Waals surface area contributed by atoms with Gasteiger partial charge in [0, 0.05) is 0 Å². The number of unbranched alkanes of at least 4 members (excludes halogenated alkanes) is 36. The van der Waals surface area contributed by atoms with E-state index in [1.807, 2.05) is 134 Å². The minimum Gasteiger partial charge on any atom is -0.490 e. The molecule has 0 aliphatic carbocycles. The van der Waals surface area contributed by atoms with E-state index in [1.165, 1.54) is 116 Å². The van der Waals surface area contributed by atoms with Gasteiger partial charge >= 0.3 is 11.9 Å². The predicted octanol–water partition coefficient (Wildman–Crippen LogP) is 31.6. The van der Waals surface area contributed by atoms with Gasteiger partial charge in [-0.25, -0.2) is 9.59 Å². The first-order valence-electron chi connectivity index (χ1n) is 45.2. The van der Waals surface area contributed by atoms with Gasteiger partial charge in [0.1, 0.15) is 11.5 Å². The van der Waals surface area contributed by atoms with Crippen LogP contribution in [0.15, 0.2) is 246 Å². The van der Waals surface area contributed by atoms with Gasteiger partial charge in [0.15, 0.2) is 23.0 Å². The van der Waals surface area contributed by atoms with Crippen LogP contribution in [0.2, 0.25) is 0 Å². The summed E-state index contributed by atoms with van der Waals surface area (Å²) in [7, 11) is 0. The Bertz CT molecular complexity index is 3420. The van der Waals surface area contributed by atoms with Crippen LogP contribution in [0.4, 0.5) is 0 Å². The number of hydrogen-bond acceptors (Lipinski definition) is 10. The lowest BCUT2D eigenvalue weighted by Gasteiger charge is -2.19. The molecule has 118 heavy (non-hydrogen) atoms. The van der Waals surface area contributed by atoms with Crippen LogP contribution in [0, 0.1) is 0 Å². The minimum atomic E-state index is -0.503. The van der Waals surface area contributed by atoms with E-state index < -0.39 is 11.9 Å². The van der Waals surface area contributed by atoms with Crippen molar-refractivity contribution < 1.29 is 47.5 Å². The fraction of sp³-hybridized carbons (Fsp3) is 0.444. The van der Waals surface area contributed by atoms with Gasteiger partial charge < -0.3 is 37.9 Å². The minimum absolute atomic E-state index is 0.338. The molecule has 638 valence electrons. The van der Waals surface area contributed by atoms with Gasteiger partial charge in [-0.1, -0.05) is 376 Å². The number of carbonyl (C=O) groups excluding carboxylic acids is 2. The SMILES string of the molecule is C=C/C=C\CCCCCCCCOc1cc(C(=O)Oc2ccc(/C=C/c3ccc(/C=C/c4ccc(OC(=O)c5cc(OCCCCCCCC/C=C/C=C)c(OCCCCCCCC/C=C/C=C)c(OCCCCCCCC/C=C/C=C)c5)cc4)cc3)cc2)cc(OCCCCCCCC/C=C/C=C)c1OCCCCCCCC/C=C/C=C. The molecule has 0 N–H and O–H groups in total. The molecule has 10 nitrogen and oxygen atoms in total. The molecule has 5 aromatic carbocycles. The summed E-state index contributed by atoms with van der Waals surface area (Å²) in [5.74, 6) is 2.97. The number of benzene rings is 5. The van der Waals surface area contributed by atoms with Crippen LogP contribution in [0.25, 0.3) is 24.3 Å². The van der Waals surface area contributed by atoms with Crippen molar-refractivity contribution in [3.8, 4) is 46.0 Å². The van der Waals surface area contributed by atoms with Gasteiger partial charge in [0.25, 0.3) is 0 Å². The summed E-state index contributed by atoms with van der Waals surface area (Å²) in [6.07, 6.45) is 90.8. The molecule has 0 aromatic heterocycles. The van der Waals surface area contributed by atoms with Crippen LogP contribution in [-0.2, 0) is 0 Å². The first-order valence-corrected chi connectivity index (χ1v) is 45.2. The third-order valence-electron chi connectivity index (χ3n) is 20.3. The first-order chi connectivity index (χ1) is 58.3. The van der Waals surface area contributed by atoms with Gasteiger partial charge in [-0.15, -0.1) is 0 Å². The van der Waals surface area contributed by atoms with E-state index in [0.717, 1.165) is 176 Å². The molecular weight excluding hydrogens is 1460 g/mol. The van der Waals surface area contributed by atoms with Crippen LogP contribution in [0.5, 0.6) is 46.0 Å². The summed E-state index contributed by atoms with van der Waals surface area (Å²) in [5, 5.41) is 0. The second-order valence-corrected chi connectivity index (χ2v) is 30.4. The summed E-state index contributed by atoms with van der Waals surface area (Å²) < 4.78 is 51.6. The van der Waals surface area contributed by atoms with Gasteiger partial charge in [-0.2, -0.15) is 0 Å². The molecule has 0 saturated carbocycles. The van der Waals surface area contributed by atoms with E-state index in [-0.39, 0.29) is 0 Å². The Morgan fingerprint density at radius 3 is 0.610 bits per heavy atom. The molecular formula is C108H146O10. The lowest BCUT2D eigenvalue weighted by molar-refractivity contribution is 0.0724. The second kappa shape index (κ2) is 69.2. The molecule has 0 fully saturated rings. The van der Waals surface area contributed by atoms with Crippen LogP contribution in [-0.4, -0.2) is 51.6 Å². The number of ether oxygens (including phenoxy) is 8. The highest BCUT2D eigenvalue weighted by molar-refractivity contribution is 5.93. The van der Waals surface area contributed by atoms with Crippen molar-refractivity contribution in [2.75, 3.05) is 39.6 Å². The molecule has 0 aliphatic rings. The molecule has 0 spiro atoms. The van der Waals surface area contributed by atoms with E-state index in [1.54, 1.807) is 24.3 Å². The summed E-state index contributed by atoms with van der Waals surface area (Å²) in [5.41, 5.74) is 4.65. The normalized spacial score (nSPS) is 11.7. The molecule has 0 saturated heterocycles. The molecule has 5 aromatic rings. The van der Waals surface area contributed by atoms with Crippen molar-refractivity contribution in [1.82, 2.24) is 0 Å². The van der Waals surface area contributed by atoms with Crippen molar-refractivity contribution in [2.45, 2.75) is 270 Å². The largest absolute Gasteiger partial charge is 0.490 e. The Morgan fingerprint density at radius 2 is 0.407 bits per heavy atom. The maximum atomic E-state index is 14.2. The zero-order chi connectivity index (χ0) is 83.7. The van der Waals surface area contributed by atoms with Gasteiger partial charge in [-0.05, 0) is 186 Å². The highest BCUT2D eigenvalue weighted by Gasteiger charge is 2.23. The number of allylic oxidation sites excluding steroid dienone is 18. The molecule has 0 aliphatic heterocycles. The number of carbonyl (C=O) groups is 2. The Labute approximate surface area is 714 Å². The number of rotatable bonds is 74. The quantitative estimate of drug-likeness (QED) is 0.0123. The molecule has 0 amide bonds. The van der Waals surface area contributed by atoms with Gasteiger partial charge in [-0.3, -0.25) is 0 Å². The Kier molecular flexibility index (Phi) is 57.9. The van der Waals surface area contributed by atoms with E-state index >= 15 is 0 Å². The molecule has 0 atom stereocenters. The van der Waals surface area contributed by atoms with E-state index in [2.05, 4.69) is 112 Å². The maximum Gasteiger partial charge on any atom is 0.343 e. The molecule has 0 radical (unpaired) electrons. The van der Waals surface area contributed by atoms with Crippen molar-refractivity contribution >= 4 is 36.2 Å². The fourth-order valence-electron chi connectivity index (χ4n) is 13.5. The van der Waals surface area contributed by atoms with Gasteiger partial charge in [0.2, 0.25) is 11.5 Å². The lowest BCUT2D eigenvalue weighted by Crippen LogP contribution is -2.12. The standard InChI is InChI=1S/C108H146O10/c1-7-13-19-25-31-37-43-49-55-61-83-111-101-89-97(90-102(112-84-62-56-50-44-38-32-26-20-14-8-2)105(101)115-87-65-59-53-47-41-35-29-23-17-11-5)107(109)117-99-79-75-95(76-80-99)73-71-93-67-69-94(70-68-93)72-74-96-77-81-100(82-78-96)118-108(110)98-91-103(113-85-63-57-51-45-39-33-27-21-15-9-3)106(116-88-66-60-54-48-42-36-30-24-18-12-6)104(92-98)114-86-64-58-52-46-40-34-28-22-16-10-4/h7-24,67-82,89-92H,1-6,25-66,83-88H2/b19-13-,20-14+,21-15+,22-16+,23-17+,24-18+,73-71+,74-72+. The van der Waals surface area contributed by atoms with Crippen molar-refractivity contribution in [3.63, 3.8) is 0 Å². The number of hydrogen-bond donors (Lipinski definition) is 0. The monoisotopic (exact) mass is 1600 g/mol. The summed E-state index contributed by atoms with van der Waals surface area (Å²) in [4.78, 5) is 28.5. The average Bonchev–Trinajstić information content (AvgIpc) is 0.816.